The van der Waals surface area contributed by atoms with Gasteiger partial charge >= 0.3 is 5.97 Å². The summed E-state index contributed by atoms with van der Waals surface area (Å²) in [6.07, 6.45) is 0.319. The maximum Gasteiger partial charge on any atom is 0.311 e. The number of amides is 1. The minimum Gasteiger partial charge on any atom is -0.455 e. The maximum atomic E-state index is 12.5. The van der Waals surface area contributed by atoms with Crippen LogP contribution in [0.1, 0.15) is 16.9 Å². The first-order chi connectivity index (χ1) is 12.0. The van der Waals surface area contributed by atoms with Crippen LogP contribution < -0.4 is 4.90 Å². The van der Waals surface area contributed by atoms with Crippen molar-refractivity contribution in [1.29, 1.82) is 5.26 Å². The third-order valence-electron chi connectivity index (χ3n) is 3.46. The van der Waals surface area contributed by atoms with Crippen LogP contribution in [0.2, 0.25) is 5.02 Å². The van der Waals surface area contributed by atoms with E-state index in [0.717, 1.165) is 10.4 Å². The van der Waals surface area contributed by atoms with E-state index in [4.69, 9.17) is 21.6 Å². The number of carbonyl (C=O) groups excluding carboxylic acids is 2. The van der Waals surface area contributed by atoms with Crippen LogP contribution in [0.4, 0.5) is 5.69 Å². The second-order valence-corrected chi connectivity index (χ2v) is 6.74. The highest BCUT2D eigenvalue weighted by Crippen LogP contribution is 2.23. The van der Waals surface area contributed by atoms with Gasteiger partial charge in [0, 0.05) is 22.1 Å². The molecule has 0 aliphatic rings. The van der Waals surface area contributed by atoms with Crippen molar-refractivity contribution in [2.45, 2.75) is 19.8 Å². The van der Waals surface area contributed by atoms with Gasteiger partial charge in [-0.1, -0.05) is 17.7 Å². The third kappa shape index (κ3) is 5.59. The molecule has 2 rings (SSSR count). The Kier molecular flexibility index (Phi) is 6.99. The number of rotatable bonds is 7. The summed E-state index contributed by atoms with van der Waals surface area (Å²) in [5.74, 6) is -0.833. The predicted molar refractivity (Wildman–Crippen MR) is 97.8 cm³/mol. The van der Waals surface area contributed by atoms with E-state index >= 15 is 0 Å². The Hall–Kier alpha value is -2.36. The van der Waals surface area contributed by atoms with E-state index < -0.39 is 5.97 Å². The maximum absolute atomic E-state index is 12.5. The van der Waals surface area contributed by atoms with Crippen LogP contribution in [-0.4, -0.2) is 25.0 Å². The number of nitrogens with zero attached hydrogens (tertiary/aromatic N) is 2. The summed E-state index contributed by atoms with van der Waals surface area (Å²) < 4.78 is 5.08. The van der Waals surface area contributed by atoms with Gasteiger partial charge in [-0.25, -0.2) is 0 Å². The average molecular weight is 377 g/mol. The van der Waals surface area contributed by atoms with E-state index in [0.29, 0.717) is 10.7 Å². The molecule has 7 heteroatoms. The number of aryl methyl sites for hydroxylation is 1. The summed E-state index contributed by atoms with van der Waals surface area (Å²) in [6, 6.07) is 10.9. The van der Waals surface area contributed by atoms with Crippen LogP contribution in [0.25, 0.3) is 0 Å². The fourth-order valence-corrected chi connectivity index (χ4v) is 2.99. The van der Waals surface area contributed by atoms with E-state index in [1.807, 2.05) is 30.5 Å². The van der Waals surface area contributed by atoms with E-state index in [9.17, 15) is 9.59 Å². The molecule has 0 saturated carbocycles. The highest BCUT2D eigenvalue weighted by Gasteiger charge is 2.18. The SMILES string of the molecule is Cc1cc(N(CCC#N)C(=O)COC(=O)Cc2cccs2)ccc1Cl. The summed E-state index contributed by atoms with van der Waals surface area (Å²) in [6.45, 7) is 1.69. The van der Waals surface area contributed by atoms with Gasteiger partial charge in [0.15, 0.2) is 6.61 Å². The normalized spacial score (nSPS) is 10.1. The number of hydrogen-bond donors (Lipinski definition) is 0. The van der Waals surface area contributed by atoms with Crippen LogP contribution in [0.3, 0.4) is 0 Å². The zero-order valence-corrected chi connectivity index (χ0v) is 15.3. The Balaban J connectivity index is 2.01. The first-order valence-corrected chi connectivity index (χ1v) is 8.88. The third-order valence-corrected chi connectivity index (χ3v) is 4.76. The Morgan fingerprint density at radius 1 is 1.36 bits per heavy atom. The lowest BCUT2D eigenvalue weighted by molar-refractivity contribution is -0.147. The molecular weight excluding hydrogens is 360 g/mol. The van der Waals surface area contributed by atoms with E-state index in [2.05, 4.69) is 0 Å². The van der Waals surface area contributed by atoms with Gasteiger partial charge in [0.2, 0.25) is 0 Å². The van der Waals surface area contributed by atoms with Gasteiger partial charge in [0.1, 0.15) is 0 Å². The summed E-state index contributed by atoms with van der Waals surface area (Å²) in [4.78, 5) is 26.6. The Morgan fingerprint density at radius 3 is 2.80 bits per heavy atom. The Bertz CT molecular complexity index is 784. The van der Waals surface area contributed by atoms with Crippen LogP contribution in [0, 0.1) is 18.3 Å². The number of halogens is 1. The zero-order valence-electron chi connectivity index (χ0n) is 13.7. The molecule has 0 saturated heterocycles. The molecule has 0 aliphatic carbocycles. The number of nitriles is 1. The molecule has 25 heavy (non-hydrogen) atoms. The second kappa shape index (κ2) is 9.21. The van der Waals surface area contributed by atoms with Crippen molar-refractivity contribution in [2.24, 2.45) is 0 Å². The van der Waals surface area contributed by atoms with Gasteiger partial charge in [-0.2, -0.15) is 5.26 Å². The van der Waals surface area contributed by atoms with Crippen molar-refractivity contribution in [3.05, 3.63) is 51.2 Å². The minimum absolute atomic E-state index is 0.142. The first-order valence-electron chi connectivity index (χ1n) is 7.62. The molecule has 5 nitrogen and oxygen atoms in total. The van der Waals surface area contributed by atoms with Crippen molar-refractivity contribution < 1.29 is 14.3 Å². The first kappa shape index (κ1) is 19.0. The van der Waals surface area contributed by atoms with Gasteiger partial charge in [0.05, 0.1) is 18.9 Å². The molecule has 130 valence electrons. The van der Waals surface area contributed by atoms with Crippen LogP contribution in [0.5, 0.6) is 0 Å². The van der Waals surface area contributed by atoms with Gasteiger partial charge in [-0.3, -0.25) is 9.59 Å². The Labute approximate surface area is 155 Å². The molecule has 0 N–H and O–H groups in total. The molecule has 0 radical (unpaired) electrons. The fraction of sp³-hybridized carbons (Fsp3) is 0.278. The molecule has 1 aromatic heterocycles. The van der Waals surface area contributed by atoms with Gasteiger partial charge in [0.25, 0.3) is 5.91 Å². The van der Waals surface area contributed by atoms with Crippen molar-refractivity contribution >= 4 is 40.5 Å². The van der Waals surface area contributed by atoms with Crippen molar-refractivity contribution in [1.82, 2.24) is 0 Å². The standard InChI is InChI=1S/C18H17ClN2O3S/c1-13-10-14(5-6-16(13)19)21(8-3-7-20)17(22)12-24-18(23)11-15-4-2-9-25-15/h2,4-6,9-10H,3,8,11-12H2,1H3. The lowest BCUT2D eigenvalue weighted by Gasteiger charge is -2.22. The number of hydrogen-bond acceptors (Lipinski definition) is 5. The molecule has 1 amide bonds. The van der Waals surface area contributed by atoms with Crippen molar-refractivity contribution in [3.8, 4) is 6.07 Å². The number of benzene rings is 1. The van der Waals surface area contributed by atoms with Gasteiger partial charge < -0.3 is 9.64 Å². The lowest BCUT2D eigenvalue weighted by Crippen LogP contribution is -2.35. The van der Waals surface area contributed by atoms with Crippen LogP contribution in [0.15, 0.2) is 35.7 Å². The molecule has 0 bridgehead atoms. The quantitative estimate of drug-likeness (QED) is 0.690. The number of thiophene rings is 1. The Morgan fingerprint density at radius 2 is 2.16 bits per heavy atom. The molecule has 1 aromatic carbocycles. The molecule has 0 atom stereocenters. The van der Waals surface area contributed by atoms with Crippen LogP contribution >= 0.6 is 22.9 Å². The molecule has 0 unspecified atom stereocenters. The smallest absolute Gasteiger partial charge is 0.311 e. The van der Waals surface area contributed by atoms with E-state index in [1.165, 1.54) is 16.2 Å². The number of anilines is 1. The minimum atomic E-state index is -0.455. The van der Waals surface area contributed by atoms with Crippen molar-refractivity contribution in [2.75, 3.05) is 18.1 Å². The topological polar surface area (TPSA) is 70.4 Å². The number of carbonyl (C=O) groups is 2. The number of ether oxygens (including phenoxy) is 1. The van der Waals surface area contributed by atoms with Gasteiger partial charge in [-0.05, 0) is 42.1 Å². The second-order valence-electron chi connectivity index (χ2n) is 5.30. The fourth-order valence-electron chi connectivity index (χ4n) is 2.18. The zero-order chi connectivity index (χ0) is 18.2. The molecular formula is C18H17ClN2O3S. The molecule has 0 fully saturated rings. The van der Waals surface area contributed by atoms with Gasteiger partial charge in [-0.15, -0.1) is 11.3 Å². The van der Waals surface area contributed by atoms with E-state index in [-0.39, 0.29) is 31.9 Å². The van der Waals surface area contributed by atoms with E-state index in [1.54, 1.807) is 18.2 Å². The molecule has 1 heterocycles. The predicted octanol–water partition coefficient (Wildman–Crippen LogP) is 3.74. The summed E-state index contributed by atoms with van der Waals surface area (Å²) in [5, 5.41) is 11.3. The molecule has 0 spiro atoms. The summed E-state index contributed by atoms with van der Waals surface area (Å²) in [5.41, 5.74) is 1.44. The monoisotopic (exact) mass is 376 g/mol. The molecule has 0 aliphatic heterocycles. The molecule has 2 aromatic rings. The van der Waals surface area contributed by atoms with Crippen LogP contribution in [-0.2, 0) is 20.7 Å². The largest absolute Gasteiger partial charge is 0.455 e. The highest BCUT2D eigenvalue weighted by molar-refractivity contribution is 7.10. The average Bonchev–Trinajstić information content (AvgIpc) is 3.09. The summed E-state index contributed by atoms with van der Waals surface area (Å²) in [7, 11) is 0. The van der Waals surface area contributed by atoms with Crippen molar-refractivity contribution in [3.63, 3.8) is 0 Å². The summed E-state index contributed by atoms with van der Waals surface area (Å²) >= 11 is 7.47. The lowest BCUT2D eigenvalue weighted by atomic mass is 10.2. The highest BCUT2D eigenvalue weighted by atomic mass is 35.5. The number of esters is 1.